The molecule has 0 saturated carbocycles. The molecule has 0 bridgehead atoms. The van der Waals surface area contributed by atoms with E-state index < -0.39 is 0 Å². The first-order chi connectivity index (χ1) is 31.2. The second-order valence-electron chi connectivity index (χ2n) is 16.0. The molecule has 0 N–H and O–H groups in total. The lowest BCUT2D eigenvalue weighted by Crippen LogP contribution is -2.00. The van der Waals surface area contributed by atoms with Crippen molar-refractivity contribution in [3.63, 3.8) is 0 Å². The normalized spacial score (nSPS) is 11.8. The molecule has 0 spiro atoms. The van der Waals surface area contributed by atoms with Gasteiger partial charge in [0.15, 0.2) is 17.5 Å². The van der Waals surface area contributed by atoms with Crippen molar-refractivity contribution in [1.29, 1.82) is 0 Å². The van der Waals surface area contributed by atoms with Crippen molar-refractivity contribution in [2.24, 2.45) is 0 Å². The van der Waals surface area contributed by atoms with E-state index in [1.807, 2.05) is 59.1 Å². The van der Waals surface area contributed by atoms with Crippen LogP contribution in [0.15, 0.2) is 206 Å². The van der Waals surface area contributed by atoms with E-state index in [1.165, 1.54) is 67.7 Å². The summed E-state index contributed by atoms with van der Waals surface area (Å²) < 4.78 is 7.69. The van der Waals surface area contributed by atoms with Gasteiger partial charge in [-0.25, -0.2) is 15.0 Å². The molecule has 0 fully saturated rings. The minimum atomic E-state index is 0.630. The van der Waals surface area contributed by atoms with E-state index in [-0.39, 0.29) is 0 Å². The first kappa shape index (κ1) is 35.9. The van der Waals surface area contributed by atoms with Gasteiger partial charge in [-0.1, -0.05) is 158 Å². The Morgan fingerprint density at radius 3 is 1.54 bits per heavy atom. The molecule has 0 unspecified atom stereocenters. The van der Waals surface area contributed by atoms with Crippen LogP contribution in [0.4, 0.5) is 0 Å². The van der Waals surface area contributed by atoms with E-state index in [4.69, 9.17) is 15.0 Å². The third-order valence-corrected chi connectivity index (χ3v) is 14.6. The molecular weight excluding hydrogens is 805 g/mol. The summed E-state index contributed by atoms with van der Waals surface area (Å²) in [6.07, 6.45) is 0. The molecule has 0 aliphatic rings. The van der Waals surface area contributed by atoms with Gasteiger partial charge in [-0.3, -0.25) is 0 Å². The van der Waals surface area contributed by atoms with Crippen molar-refractivity contribution >= 4 is 84.8 Å². The van der Waals surface area contributed by atoms with Gasteiger partial charge >= 0.3 is 0 Å². The van der Waals surface area contributed by atoms with Crippen LogP contribution >= 0.6 is 22.7 Å². The minimum absolute atomic E-state index is 0.630. The largest absolute Gasteiger partial charge is 0.309 e. The average molecular weight is 839 g/mol. The average Bonchev–Trinajstić information content (AvgIpc) is 4.04. The number of fused-ring (bicyclic) bond motifs is 10. The summed E-state index contributed by atoms with van der Waals surface area (Å²) in [4.78, 5) is 15.2. The monoisotopic (exact) mass is 838 g/mol. The van der Waals surface area contributed by atoms with E-state index in [1.54, 1.807) is 0 Å². The summed E-state index contributed by atoms with van der Waals surface area (Å²) in [5, 5.41) is 7.73. The van der Waals surface area contributed by atoms with E-state index in [2.05, 4.69) is 174 Å². The fourth-order valence-corrected chi connectivity index (χ4v) is 11.8. The summed E-state index contributed by atoms with van der Waals surface area (Å²) in [5.74, 6) is 1.92. The Morgan fingerprint density at radius 1 is 0.317 bits per heavy atom. The molecule has 0 radical (unpaired) electrons. The summed E-state index contributed by atoms with van der Waals surface area (Å²) >= 11 is 3.76. The highest BCUT2D eigenvalue weighted by Gasteiger charge is 2.20. The van der Waals surface area contributed by atoms with E-state index >= 15 is 0 Å². The highest BCUT2D eigenvalue weighted by molar-refractivity contribution is 7.27. The molecule has 4 nitrogen and oxygen atoms in total. The number of benzene rings is 9. The summed E-state index contributed by atoms with van der Waals surface area (Å²) in [5.41, 5.74) is 10.9. The Balaban J connectivity index is 1.06. The summed E-state index contributed by atoms with van der Waals surface area (Å²) in [6.45, 7) is 0. The minimum Gasteiger partial charge on any atom is -0.309 e. The Labute approximate surface area is 370 Å². The number of nitrogens with zero attached hydrogens (tertiary/aromatic N) is 4. The number of hydrogen-bond acceptors (Lipinski definition) is 5. The van der Waals surface area contributed by atoms with E-state index in [9.17, 15) is 0 Å². The fraction of sp³-hybridized carbons (Fsp3) is 0. The van der Waals surface area contributed by atoms with E-state index in [0.717, 1.165) is 39.1 Å². The molecule has 0 amide bonds. The number of thiophene rings is 2. The van der Waals surface area contributed by atoms with Gasteiger partial charge in [-0.15, -0.1) is 22.7 Å². The van der Waals surface area contributed by atoms with Gasteiger partial charge in [0.2, 0.25) is 0 Å². The maximum Gasteiger partial charge on any atom is 0.164 e. The molecule has 6 heteroatoms. The van der Waals surface area contributed by atoms with Gasteiger partial charge in [0.1, 0.15) is 0 Å². The highest BCUT2D eigenvalue weighted by atomic mass is 32.1. The zero-order valence-corrected chi connectivity index (χ0v) is 35.4. The Bertz CT molecular complexity index is 3860. The molecule has 0 aliphatic carbocycles. The summed E-state index contributed by atoms with van der Waals surface area (Å²) in [7, 11) is 0. The van der Waals surface area contributed by atoms with Gasteiger partial charge in [0.25, 0.3) is 0 Å². The summed E-state index contributed by atoms with van der Waals surface area (Å²) in [6, 6.07) is 73.9. The molecular formula is C57H34N4S2. The SMILES string of the molecule is c1ccc(-c2nc(-c3ccccc3)nc(-c3cccc(-c4cc(-c5cccc6c5sc5ccccc56)cc(-n5c6ccccc6c6c7sc8ccccc8c7ccc65)c4)c3)n2)cc1. The van der Waals surface area contributed by atoms with Crippen LogP contribution < -0.4 is 0 Å². The zero-order chi connectivity index (χ0) is 41.4. The van der Waals surface area contributed by atoms with Crippen LogP contribution in [0.25, 0.3) is 124 Å². The predicted octanol–water partition coefficient (Wildman–Crippen LogP) is 16.0. The standard InChI is InChI=1S/C57H34N4S2/c1-3-15-35(16-4-1)55-58-56(36-17-5-2-6-18-36)60-57(59-55)38-20-13-19-37(31-38)39-32-40(42-24-14-25-45-43-21-8-11-27-50(43)62-53(42)45)34-41(33-39)61-48-26-10-7-23-47(48)52-49(61)30-29-46-44-22-9-12-28-51(44)63-54(46)52/h1-34H. The van der Waals surface area contributed by atoms with Crippen molar-refractivity contribution in [3.8, 4) is 62.1 Å². The van der Waals surface area contributed by atoms with Gasteiger partial charge in [-0.2, -0.15) is 0 Å². The molecule has 0 aliphatic heterocycles. The number of rotatable bonds is 6. The highest BCUT2D eigenvalue weighted by Crippen LogP contribution is 2.46. The first-order valence-electron chi connectivity index (χ1n) is 21.1. The fourth-order valence-electron chi connectivity index (χ4n) is 9.33. The van der Waals surface area contributed by atoms with Gasteiger partial charge < -0.3 is 4.57 Å². The zero-order valence-electron chi connectivity index (χ0n) is 33.7. The van der Waals surface area contributed by atoms with Crippen molar-refractivity contribution in [3.05, 3.63) is 206 Å². The first-order valence-corrected chi connectivity index (χ1v) is 22.7. The third kappa shape index (κ3) is 5.91. The third-order valence-electron chi connectivity index (χ3n) is 12.2. The molecule has 13 rings (SSSR count). The van der Waals surface area contributed by atoms with Crippen molar-refractivity contribution in [1.82, 2.24) is 19.5 Å². The van der Waals surface area contributed by atoms with Crippen LogP contribution in [-0.4, -0.2) is 19.5 Å². The van der Waals surface area contributed by atoms with Crippen LogP contribution in [0.5, 0.6) is 0 Å². The van der Waals surface area contributed by atoms with Crippen molar-refractivity contribution in [2.75, 3.05) is 0 Å². The van der Waals surface area contributed by atoms with Crippen molar-refractivity contribution < 1.29 is 0 Å². The van der Waals surface area contributed by atoms with Gasteiger partial charge in [-0.05, 0) is 70.8 Å². The van der Waals surface area contributed by atoms with Crippen LogP contribution in [0, 0.1) is 0 Å². The Morgan fingerprint density at radius 2 is 0.825 bits per heavy atom. The van der Waals surface area contributed by atoms with Crippen LogP contribution in [0.2, 0.25) is 0 Å². The number of hydrogen-bond donors (Lipinski definition) is 0. The topological polar surface area (TPSA) is 43.6 Å². The van der Waals surface area contributed by atoms with Crippen molar-refractivity contribution in [2.45, 2.75) is 0 Å². The molecule has 0 saturated heterocycles. The maximum absolute atomic E-state index is 5.10. The Hall–Kier alpha value is -7.77. The molecule has 4 heterocycles. The number of para-hydroxylation sites is 1. The molecule has 294 valence electrons. The molecule has 63 heavy (non-hydrogen) atoms. The van der Waals surface area contributed by atoms with Gasteiger partial charge in [0, 0.05) is 73.5 Å². The van der Waals surface area contributed by atoms with Crippen LogP contribution in [-0.2, 0) is 0 Å². The molecule has 13 aromatic rings. The van der Waals surface area contributed by atoms with Crippen LogP contribution in [0.1, 0.15) is 0 Å². The lowest BCUT2D eigenvalue weighted by atomic mass is 9.96. The number of aromatic nitrogens is 4. The molecule has 9 aromatic carbocycles. The lowest BCUT2D eigenvalue weighted by molar-refractivity contribution is 1.07. The van der Waals surface area contributed by atoms with Gasteiger partial charge in [0.05, 0.1) is 11.0 Å². The molecule has 0 atom stereocenters. The second-order valence-corrected chi connectivity index (χ2v) is 18.1. The Kier molecular flexibility index (Phi) is 8.22. The smallest absolute Gasteiger partial charge is 0.164 e. The maximum atomic E-state index is 5.10. The van der Waals surface area contributed by atoms with E-state index in [0.29, 0.717) is 17.5 Å². The van der Waals surface area contributed by atoms with Crippen LogP contribution in [0.3, 0.4) is 0 Å². The quantitative estimate of drug-likeness (QED) is 0.168. The second kappa shape index (κ2) is 14.4. The predicted molar refractivity (Wildman–Crippen MR) is 267 cm³/mol. The lowest BCUT2D eigenvalue weighted by Gasteiger charge is -2.15. The molecule has 4 aromatic heterocycles.